The lowest BCUT2D eigenvalue weighted by atomic mass is 9.33. The third-order valence-corrected chi connectivity index (χ3v) is 15.7. The Balaban J connectivity index is 1.35. The Morgan fingerprint density at radius 2 is 0.882 bits per heavy atom. The Bertz CT molecular complexity index is 3120. The molecular formula is C65H73BN2. The lowest BCUT2D eigenvalue weighted by Crippen LogP contribution is -2.62. The van der Waals surface area contributed by atoms with Gasteiger partial charge < -0.3 is 9.80 Å². The molecule has 2 nitrogen and oxygen atoms in total. The minimum absolute atomic E-state index is 0.0149. The van der Waals surface area contributed by atoms with E-state index in [9.17, 15) is 0 Å². The van der Waals surface area contributed by atoms with Crippen LogP contribution in [-0.2, 0) is 32.5 Å². The summed E-state index contributed by atoms with van der Waals surface area (Å²) in [6, 6.07) is 54.7. The Labute approximate surface area is 409 Å². The summed E-state index contributed by atoms with van der Waals surface area (Å²) in [7, 11) is 0. The van der Waals surface area contributed by atoms with Gasteiger partial charge in [0.25, 0.3) is 6.71 Å². The van der Waals surface area contributed by atoms with Gasteiger partial charge in [-0.2, -0.15) is 0 Å². The quantitative estimate of drug-likeness (QED) is 0.162. The van der Waals surface area contributed by atoms with Gasteiger partial charge in [0.2, 0.25) is 0 Å². The van der Waals surface area contributed by atoms with E-state index in [4.69, 9.17) is 0 Å². The summed E-state index contributed by atoms with van der Waals surface area (Å²) in [5, 5.41) is 0. The Morgan fingerprint density at radius 3 is 1.49 bits per heavy atom. The lowest BCUT2D eigenvalue weighted by Gasteiger charge is -2.46. The number of nitrogens with zero attached hydrogens (tertiary/aromatic N) is 2. The van der Waals surface area contributed by atoms with Gasteiger partial charge in [0.1, 0.15) is 0 Å². The van der Waals surface area contributed by atoms with Gasteiger partial charge in [0.15, 0.2) is 0 Å². The van der Waals surface area contributed by atoms with E-state index in [1.807, 2.05) is 0 Å². The fourth-order valence-electron chi connectivity index (χ4n) is 11.9. The Kier molecular flexibility index (Phi) is 10.4. The summed E-state index contributed by atoms with van der Waals surface area (Å²) < 4.78 is 0. The summed E-state index contributed by atoms with van der Waals surface area (Å²) >= 11 is 0. The standard InChI is InChI=1S/C65H73BN2/c1-60(2,3)44-25-29-48(30-26-44)67-55-32-28-46(62(7,8)9)35-52(55)66-53-38-50-51(65(15,16)40-64(50,13)14)39-56(53)68(58-37-47(63(10,11)12)36-57(67)59(58)66)54-31-27-45(61(4,5)6)34-49(54)43-24-20-23-42(33-43)41-21-18-17-19-22-41/h17-39H,40H2,1-16H3. The fourth-order valence-corrected chi connectivity index (χ4v) is 11.9. The zero-order chi connectivity index (χ0) is 48.7. The zero-order valence-electron chi connectivity index (χ0n) is 44.0. The fraction of sp³-hybridized carbons (Fsp3) is 0.354. The molecule has 0 saturated carbocycles. The topological polar surface area (TPSA) is 6.48 Å². The molecule has 346 valence electrons. The molecule has 7 aromatic rings. The van der Waals surface area contributed by atoms with E-state index in [2.05, 4.69) is 260 Å². The molecule has 0 radical (unpaired) electrons. The number of rotatable bonds is 4. The molecule has 0 N–H and O–H groups in total. The molecule has 3 heteroatoms. The van der Waals surface area contributed by atoms with Crippen LogP contribution >= 0.6 is 0 Å². The number of fused-ring (bicyclic) bond motifs is 5. The van der Waals surface area contributed by atoms with E-state index >= 15 is 0 Å². The highest BCUT2D eigenvalue weighted by atomic mass is 15.2. The molecule has 1 aliphatic carbocycles. The molecule has 0 fully saturated rings. The van der Waals surface area contributed by atoms with Crippen LogP contribution in [0.2, 0.25) is 0 Å². The van der Waals surface area contributed by atoms with Gasteiger partial charge in [0.05, 0.1) is 5.69 Å². The summed E-state index contributed by atoms with van der Waals surface area (Å²) in [6.07, 6.45) is 1.11. The zero-order valence-corrected chi connectivity index (χ0v) is 44.0. The molecule has 0 atom stereocenters. The molecular weight excluding hydrogens is 820 g/mol. The molecule has 2 aliphatic heterocycles. The van der Waals surface area contributed by atoms with Gasteiger partial charge >= 0.3 is 0 Å². The average Bonchev–Trinajstić information content (AvgIpc) is 3.45. The highest BCUT2D eigenvalue weighted by Gasteiger charge is 2.49. The van der Waals surface area contributed by atoms with Gasteiger partial charge in [-0.25, -0.2) is 0 Å². The lowest BCUT2D eigenvalue weighted by molar-refractivity contribution is 0.403. The highest BCUT2D eigenvalue weighted by molar-refractivity contribution is 7.00. The van der Waals surface area contributed by atoms with E-state index in [1.165, 1.54) is 106 Å². The van der Waals surface area contributed by atoms with Crippen LogP contribution in [0, 0.1) is 0 Å². The first-order chi connectivity index (χ1) is 31.7. The first-order valence-electron chi connectivity index (χ1n) is 25.3. The molecule has 0 aromatic heterocycles. The van der Waals surface area contributed by atoms with Crippen LogP contribution in [0.5, 0.6) is 0 Å². The van der Waals surface area contributed by atoms with Crippen molar-refractivity contribution in [3.05, 3.63) is 173 Å². The molecule has 68 heavy (non-hydrogen) atoms. The van der Waals surface area contributed by atoms with Crippen LogP contribution in [0.4, 0.5) is 34.1 Å². The van der Waals surface area contributed by atoms with Crippen molar-refractivity contribution in [1.82, 2.24) is 0 Å². The van der Waals surface area contributed by atoms with Crippen molar-refractivity contribution < 1.29 is 0 Å². The summed E-state index contributed by atoms with van der Waals surface area (Å²) in [5.41, 5.74) is 24.8. The molecule has 10 rings (SSSR count). The maximum Gasteiger partial charge on any atom is 0.252 e. The molecule has 0 spiro atoms. The molecule has 0 unspecified atom stereocenters. The van der Waals surface area contributed by atoms with Crippen LogP contribution in [-0.4, -0.2) is 6.71 Å². The second kappa shape index (κ2) is 15.4. The number of benzene rings is 7. The molecule has 7 aromatic carbocycles. The summed E-state index contributed by atoms with van der Waals surface area (Å²) in [6.45, 7) is 38.1. The second-order valence-corrected chi connectivity index (χ2v) is 25.9. The summed E-state index contributed by atoms with van der Waals surface area (Å²) in [4.78, 5) is 5.31. The predicted octanol–water partition coefficient (Wildman–Crippen LogP) is 16.3. The first-order valence-corrected chi connectivity index (χ1v) is 25.3. The van der Waals surface area contributed by atoms with Gasteiger partial charge in [-0.3, -0.25) is 0 Å². The van der Waals surface area contributed by atoms with E-state index < -0.39 is 0 Å². The third kappa shape index (κ3) is 7.64. The molecule has 3 aliphatic rings. The molecule has 0 bridgehead atoms. The Morgan fingerprint density at radius 1 is 0.382 bits per heavy atom. The number of hydrogen-bond acceptors (Lipinski definition) is 2. The van der Waals surface area contributed by atoms with Crippen molar-refractivity contribution in [3.8, 4) is 22.3 Å². The second-order valence-electron chi connectivity index (χ2n) is 25.9. The smallest absolute Gasteiger partial charge is 0.252 e. The Hall–Kier alpha value is -5.80. The minimum Gasteiger partial charge on any atom is -0.311 e. The molecule has 0 saturated heterocycles. The minimum atomic E-state index is -0.127. The average molecular weight is 893 g/mol. The summed E-state index contributed by atoms with van der Waals surface area (Å²) in [5.74, 6) is 0. The van der Waals surface area contributed by atoms with Crippen LogP contribution in [0.15, 0.2) is 140 Å². The number of hydrogen-bond donors (Lipinski definition) is 0. The van der Waals surface area contributed by atoms with Crippen molar-refractivity contribution in [2.24, 2.45) is 0 Å². The SMILES string of the molecule is CC(C)(C)c1ccc(N2c3ccc(C(C)(C)C)cc3B3c4cc5c(cc4N(c4ccc(C(C)(C)C)cc4-c4cccc(-c6ccccc6)c4)c4cc(C(C)(C)C)cc2c43)C(C)(C)CC5(C)C)cc1. The number of anilines is 6. The predicted molar refractivity (Wildman–Crippen MR) is 297 cm³/mol. The van der Waals surface area contributed by atoms with Gasteiger partial charge in [-0.1, -0.05) is 196 Å². The van der Waals surface area contributed by atoms with Gasteiger partial charge in [-0.15, -0.1) is 0 Å². The van der Waals surface area contributed by atoms with E-state index in [0.717, 1.165) is 6.42 Å². The molecule has 0 amide bonds. The van der Waals surface area contributed by atoms with Crippen molar-refractivity contribution in [1.29, 1.82) is 0 Å². The van der Waals surface area contributed by atoms with Crippen LogP contribution in [0.3, 0.4) is 0 Å². The van der Waals surface area contributed by atoms with Gasteiger partial charge in [0, 0.05) is 34.0 Å². The van der Waals surface area contributed by atoms with Crippen LogP contribution in [0.25, 0.3) is 22.3 Å². The van der Waals surface area contributed by atoms with Crippen molar-refractivity contribution in [2.75, 3.05) is 9.80 Å². The van der Waals surface area contributed by atoms with Crippen molar-refractivity contribution >= 4 is 57.2 Å². The monoisotopic (exact) mass is 893 g/mol. The third-order valence-electron chi connectivity index (χ3n) is 15.7. The highest BCUT2D eigenvalue weighted by Crippen LogP contribution is 2.54. The van der Waals surface area contributed by atoms with Crippen LogP contribution < -0.4 is 26.2 Å². The maximum absolute atomic E-state index is 2.71. The van der Waals surface area contributed by atoms with Crippen molar-refractivity contribution in [3.63, 3.8) is 0 Å². The van der Waals surface area contributed by atoms with E-state index in [-0.39, 0.29) is 39.2 Å². The van der Waals surface area contributed by atoms with Crippen LogP contribution in [0.1, 0.15) is 151 Å². The largest absolute Gasteiger partial charge is 0.311 e. The normalized spacial score (nSPS) is 16.0. The van der Waals surface area contributed by atoms with E-state index in [0.29, 0.717) is 0 Å². The maximum atomic E-state index is 2.71. The molecule has 2 heterocycles. The van der Waals surface area contributed by atoms with Crippen molar-refractivity contribution in [2.45, 2.75) is 150 Å². The first kappa shape index (κ1) is 46.0. The van der Waals surface area contributed by atoms with E-state index in [1.54, 1.807) is 0 Å². The van der Waals surface area contributed by atoms with Gasteiger partial charge in [-0.05, 0) is 160 Å².